The Morgan fingerprint density at radius 3 is 2.31 bits per heavy atom. The van der Waals surface area contributed by atoms with Gasteiger partial charge in [0, 0.05) is 47.0 Å². The SMILES string of the molecule is COc1cc2c(c(OC)c1)[C@@H](c1ccc(OC)c(OC)c1)C1=C(CCCC1=O)N2. The van der Waals surface area contributed by atoms with Crippen LogP contribution >= 0.6 is 0 Å². The third-order valence-electron chi connectivity index (χ3n) is 5.63. The second kappa shape index (κ2) is 7.70. The molecule has 152 valence electrons. The lowest BCUT2D eigenvalue weighted by atomic mass is 9.75. The second-order valence-corrected chi connectivity index (χ2v) is 7.13. The van der Waals surface area contributed by atoms with Crippen LogP contribution in [0.25, 0.3) is 0 Å². The van der Waals surface area contributed by atoms with Crippen molar-refractivity contribution in [1.29, 1.82) is 0 Å². The summed E-state index contributed by atoms with van der Waals surface area (Å²) in [5, 5.41) is 3.47. The van der Waals surface area contributed by atoms with Gasteiger partial charge < -0.3 is 24.3 Å². The Bertz CT molecular complexity index is 995. The van der Waals surface area contributed by atoms with Crippen LogP contribution in [0.4, 0.5) is 5.69 Å². The molecule has 29 heavy (non-hydrogen) atoms. The van der Waals surface area contributed by atoms with Crippen LogP contribution in [0.15, 0.2) is 41.6 Å². The normalized spacial score (nSPS) is 17.8. The van der Waals surface area contributed by atoms with Crippen molar-refractivity contribution < 1.29 is 23.7 Å². The van der Waals surface area contributed by atoms with E-state index in [0.29, 0.717) is 29.4 Å². The maximum Gasteiger partial charge on any atom is 0.161 e. The van der Waals surface area contributed by atoms with Gasteiger partial charge in [-0.25, -0.2) is 0 Å². The highest BCUT2D eigenvalue weighted by molar-refractivity contribution is 6.01. The number of benzene rings is 2. The summed E-state index contributed by atoms with van der Waals surface area (Å²) in [6, 6.07) is 9.60. The molecule has 0 spiro atoms. The zero-order valence-electron chi connectivity index (χ0n) is 17.1. The van der Waals surface area contributed by atoms with Gasteiger partial charge in [0.05, 0.1) is 28.4 Å². The molecule has 4 rings (SSSR count). The molecule has 0 fully saturated rings. The third-order valence-corrected chi connectivity index (χ3v) is 5.63. The average molecular weight is 395 g/mol. The van der Waals surface area contributed by atoms with Gasteiger partial charge >= 0.3 is 0 Å². The van der Waals surface area contributed by atoms with E-state index in [-0.39, 0.29) is 11.7 Å². The van der Waals surface area contributed by atoms with Gasteiger partial charge in [0.1, 0.15) is 11.5 Å². The molecule has 2 aliphatic rings. The van der Waals surface area contributed by atoms with Gasteiger partial charge in [-0.3, -0.25) is 4.79 Å². The molecule has 1 atom stereocenters. The van der Waals surface area contributed by atoms with Gasteiger partial charge in [-0.15, -0.1) is 0 Å². The van der Waals surface area contributed by atoms with Crippen molar-refractivity contribution in [3.8, 4) is 23.0 Å². The first-order valence-corrected chi connectivity index (χ1v) is 9.62. The average Bonchev–Trinajstić information content (AvgIpc) is 2.76. The quantitative estimate of drug-likeness (QED) is 0.815. The van der Waals surface area contributed by atoms with Crippen molar-refractivity contribution in [2.24, 2.45) is 0 Å². The molecule has 0 radical (unpaired) electrons. The molecule has 2 aromatic rings. The number of fused-ring (bicyclic) bond motifs is 1. The first-order valence-electron chi connectivity index (χ1n) is 9.62. The van der Waals surface area contributed by atoms with E-state index in [9.17, 15) is 4.79 Å². The van der Waals surface area contributed by atoms with E-state index in [0.717, 1.165) is 40.9 Å². The molecule has 1 N–H and O–H groups in total. The minimum absolute atomic E-state index is 0.169. The number of nitrogens with one attached hydrogen (secondary N) is 1. The lowest BCUT2D eigenvalue weighted by molar-refractivity contribution is -0.116. The Morgan fingerprint density at radius 2 is 1.62 bits per heavy atom. The van der Waals surface area contributed by atoms with Gasteiger partial charge in [-0.2, -0.15) is 0 Å². The standard InChI is InChI=1S/C23H25NO5/c1-26-14-11-16-23(20(12-14)29-4)21(22-15(24-16)6-5-7-17(22)25)13-8-9-18(27-2)19(10-13)28-3/h8-12,21,24H,5-7H2,1-4H3/t21-/m0/s1. The number of rotatable bonds is 5. The Labute approximate surface area is 170 Å². The number of methoxy groups -OCH3 is 4. The number of anilines is 1. The van der Waals surface area contributed by atoms with Gasteiger partial charge in [0.25, 0.3) is 0 Å². The van der Waals surface area contributed by atoms with Crippen molar-refractivity contribution in [2.45, 2.75) is 25.2 Å². The fourth-order valence-corrected chi connectivity index (χ4v) is 4.29. The molecule has 0 bridgehead atoms. The molecule has 6 heteroatoms. The Kier molecular flexibility index (Phi) is 5.09. The van der Waals surface area contributed by atoms with E-state index in [1.54, 1.807) is 28.4 Å². The first-order chi connectivity index (χ1) is 14.1. The maximum absolute atomic E-state index is 13.0. The monoisotopic (exact) mass is 395 g/mol. The van der Waals surface area contributed by atoms with Crippen LogP contribution in [0.5, 0.6) is 23.0 Å². The van der Waals surface area contributed by atoms with E-state index >= 15 is 0 Å². The molecule has 1 aliphatic heterocycles. The van der Waals surface area contributed by atoms with Crippen LogP contribution < -0.4 is 24.3 Å². The molecule has 1 heterocycles. The molecular weight excluding hydrogens is 370 g/mol. The van der Waals surface area contributed by atoms with Crippen LogP contribution in [-0.2, 0) is 4.79 Å². The maximum atomic E-state index is 13.0. The summed E-state index contributed by atoms with van der Waals surface area (Å²) < 4.78 is 22.1. The van der Waals surface area contributed by atoms with Gasteiger partial charge in [-0.05, 0) is 30.5 Å². The van der Waals surface area contributed by atoms with E-state index in [4.69, 9.17) is 18.9 Å². The first kappa shape index (κ1) is 19.2. The zero-order valence-corrected chi connectivity index (χ0v) is 17.1. The molecule has 1 aliphatic carbocycles. The number of ether oxygens (including phenoxy) is 4. The summed E-state index contributed by atoms with van der Waals surface area (Å²) in [5.74, 6) is 2.57. The van der Waals surface area contributed by atoms with E-state index in [1.165, 1.54) is 0 Å². The topological polar surface area (TPSA) is 66.0 Å². The van der Waals surface area contributed by atoms with Crippen molar-refractivity contribution in [1.82, 2.24) is 0 Å². The molecule has 0 saturated heterocycles. The number of allylic oxidation sites excluding steroid dienone is 2. The highest BCUT2D eigenvalue weighted by Gasteiger charge is 2.37. The van der Waals surface area contributed by atoms with Gasteiger partial charge in [-0.1, -0.05) is 6.07 Å². The van der Waals surface area contributed by atoms with Crippen LogP contribution in [0.2, 0.25) is 0 Å². The van der Waals surface area contributed by atoms with Crippen molar-refractivity contribution >= 4 is 11.5 Å². The zero-order chi connectivity index (χ0) is 20.5. The molecule has 0 amide bonds. The predicted octanol–water partition coefficient (Wildman–Crippen LogP) is 4.29. The van der Waals surface area contributed by atoms with E-state index < -0.39 is 0 Å². The summed E-state index contributed by atoms with van der Waals surface area (Å²) in [4.78, 5) is 13.0. The summed E-state index contributed by atoms with van der Waals surface area (Å²) in [7, 11) is 6.48. The van der Waals surface area contributed by atoms with Crippen molar-refractivity contribution in [2.75, 3.05) is 33.8 Å². The lowest BCUT2D eigenvalue weighted by Gasteiger charge is -2.35. The van der Waals surface area contributed by atoms with Crippen molar-refractivity contribution in [3.05, 3.63) is 52.7 Å². The lowest BCUT2D eigenvalue weighted by Crippen LogP contribution is -2.27. The fraction of sp³-hybridized carbons (Fsp3) is 0.348. The number of ketones is 1. The molecule has 0 unspecified atom stereocenters. The highest BCUT2D eigenvalue weighted by atomic mass is 16.5. The smallest absolute Gasteiger partial charge is 0.161 e. The summed E-state index contributed by atoms with van der Waals surface area (Å²) in [5.41, 5.74) is 4.56. The molecule has 0 saturated carbocycles. The summed E-state index contributed by atoms with van der Waals surface area (Å²) >= 11 is 0. The summed E-state index contributed by atoms with van der Waals surface area (Å²) in [6.07, 6.45) is 2.24. The second-order valence-electron chi connectivity index (χ2n) is 7.13. The number of hydrogen-bond donors (Lipinski definition) is 1. The number of hydrogen-bond acceptors (Lipinski definition) is 6. The third kappa shape index (κ3) is 3.18. The molecule has 0 aromatic heterocycles. The van der Waals surface area contributed by atoms with Gasteiger partial charge in [0.2, 0.25) is 0 Å². The highest BCUT2D eigenvalue weighted by Crippen LogP contribution is 2.51. The molecule has 6 nitrogen and oxygen atoms in total. The Morgan fingerprint density at radius 1 is 0.862 bits per heavy atom. The number of Topliss-reactive ketones (excluding diaryl/α,β-unsaturated/α-hetero) is 1. The Balaban J connectivity index is 1.97. The minimum Gasteiger partial charge on any atom is -0.497 e. The minimum atomic E-state index is -0.255. The van der Waals surface area contributed by atoms with E-state index in [1.807, 2.05) is 30.3 Å². The van der Waals surface area contributed by atoms with Gasteiger partial charge in [0.15, 0.2) is 17.3 Å². The van der Waals surface area contributed by atoms with Crippen LogP contribution in [0.1, 0.15) is 36.3 Å². The summed E-state index contributed by atoms with van der Waals surface area (Å²) in [6.45, 7) is 0. The van der Waals surface area contributed by atoms with Crippen LogP contribution in [0, 0.1) is 0 Å². The van der Waals surface area contributed by atoms with Crippen LogP contribution in [-0.4, -0.2) is 34.2 Å². The number of carbonyl (C=O) groups is 1. The van der Waals surface area contributed by atoms with Crippen LogP contribution in [0.3, 0.4) is 0 Å². The fourth-order valence-electron chi connectivity index (χ4n) is 4.29. The van der Waals surface area contributed by atoms with E-state index in [2.05, 4.69) is 5.32 Å². The molecular formula is C23H25NO5. The Hall–Kier alpha value is -3.15. The van der Waals surface area contributed by atoms with Crippen molar-refractivity contribution in [3.63, 3.8) is 0 Å². The number of carbonyl (C=O) groups excluding carboxylic acids is 1. The predicted molar refractivity (Wildman–Crippen MR) is 110 cm³/mol. The molecule has 2 aromatic carbocycles. The largest absolute Gasteiger partial charge is 0.497 e.